The Kier molecular flexibility index (Phi) is 10.2. The summed E-state index contributed by atoms with van der Waals surface area (Å²) in [5.74, 6) is 1.60. The molecule has 5 heteroatoms. The molecule has 0 saturated carbocycles. The molecule has 0 aromatic heterocycles. The summed E-state index contributed by atoms with van der Waals surface area (Å²) in [6.45, 7) is 12.1. The third kappa shape index (κ3) is 7.70. The van der Waals surface area contributed by atoms with E-state index < -0.39 is 0 Å². The second-order valence-electron chi connectivity index (χ2n) is 7.70. The monoisotopic (exact) mass is 390 g/mol. The molecular formula is C23H38N2O3. The Bertz CT molecular complexity index is 553. The van der Waals surface area contributed by atoms with Crippen molar-refractivity contribution in [3.8, 4) is 5.75 Å². The van der Waals surface area contributed by atoms with Crippen LogP contribution in [0.1, 0.15) is 64.4 Å². The molecule has 1 saturated heterocycles. The molecule has 1 heterocycles. The Morgan fingerprint density at radius 3 is 2.39 bits per heavy atom. The molecule has 0 bridgehead atoms. The highest BCUT2D eigenvalue weighted by molar-refractivity contribution is 5.67. The second kappa shape index (κ2) is 12.7. The van der Waals surface area contributed by atoms with Gasteiger partial charge in [0.1, 0.15) is 5.75 Å². The molecular weight excluding hydrogens is 352 g/mol. The van der Waals surface area contributed by atoms with Crippen molar-refractivity contribution in [1.82, 2.24) is 9.80 Å². The number of hydrogen-bond donors (Lipinski definition) is 0. The van der Waals surface area contributed by atoms with Gasteiger partial charge in [-0.1, -0.05) is 32.4 Å². The second-order valence-corrected chi connectivity index (χ2v) is 7.70. The number of unbranched alkanes of at least 4 members (excludes halogenated alkanes) is 2. The standard InChI is InChI=1S/C23H38N2O3/c1-4-9-20(3)21-10-12-22(13-11-21)28-19-8-6-7-14-24-15-17-25(18-16-24)23(26)27-5-2/h10-13,20H,4-9,14-19H2,1-3H3/t20-/m1/s1. The summed E-state index contributed by atoms with van der Waals surface area (Å²) >= 11 is 0. The van der Waals surface area contributed by atoms with E-state index in [0.717, 1.165) is 51.5 Å². The number of carbonyl (C=O) groups is 1. The number of rotatable bonds is 11. The van der Waals surface area contributed by atoms with Crippen molar-refractivity contribution in [1.29, 1.82) is 0 Å². The maximum absolute atomic E-state index is 11.7. The normalized spacial score (nSPS) is 16.0. The van der Waals surface area contributed by atoms with Gasteiger partial charge >= 0.3 is 6.09 Å². The Balaban J connectivity index is 1.52. The van der Waals surface area contributed by atoms with Crippen LogP contribution in [0.15, 0.2) is 24.3 Å². The Morgan fingerprint density at radius 1 is 1.04 bits per heavy atom. The van der Waals surface area contributed by atoms with E-state index in [4.69, 9.17) is 9.47 Å². The maximum atomic E-state index is 11.7. The zero-order chi connectivity index (χ0) is 20.2. The number of carbonyl (C=O) groups excluding carboxylic acids is 1. The number of ether oxygens (including phenoxy) is 2. The lowest BCUT2D eigenvalue weighted by Crippen LogP contribution is -2.49. The van der Waals surface area contributed by atoms with E-state index in [2.05, 4.69) is 43.0 Å². The van der Waals surface area contributed by atoms with Crippen molar-refractivity contribution in [3.05, 3.63) is 29.8 Å². The van der Waals surface area contributed by atoms with Gasteiger partial charge in [-0.25, -0.2) is 4.79 Å². The first kappa shape index (κ1) is 22.5. The zero-order valence-corrected chi connectivity index (χ0v) is 18.0. The predicted octanol–water partition coefficient (Wildman–Crippen LogP) is 4.91. The quantitative estimate of drug-likeness (QED) is 0.503. The number of benzene rings is 1. The largest absolute Gasteiger partial charge is 0.494 e. The number of piperazine rings is 1. The van der Waals surface area contributed by atoms with Crippen LogP contribution < -0.4 is 4.74 Å². The molecule has 1 aromatic rings. The SMILES string of the molecule is CCC[C@@H](C)c1ccc(OCCCCCN2CCN(C(=O)OCC)CC2)cc1. The van der Waals surface area contributed by atoms with Crippen molar-refractivity contribution in [3.63, 3.8) is 0 Å². The average molecular weight is 391 g/mol. The van der Waals surface area contributed by atoms with Crippen LogP contribution in [0.3, 0.4) is 0 Å². The van der Waals surface area contributed by atoms with E-state index in [0.29, 0.717) is 12.5 Å². The van der Waals surface area contributed by atoms with Crippen LogP contribution in [0.25, 0.3) is 0 Å². The van der Waals surface area contributed by atoms with Crippen molar-refractivity contribution in [2.75, 3.05) is 45.9 Å². The van der Waals surface area contributed by atoms with Crippen LogP contribution in [-0.4, -0.2) is 61.8 Å². The molecule has 0 radical (unpaired) electrons. The number of hydrogen-bond acceptors (Lipinski definition) is 4. The van der Waals surface area contributed by atoms with Crippen molar-refractivity contribution >= 4 is 6.09 Å². The summed E-state index contributed by atoms with van der Waals surface area (Å²) in [6.07, 6.45) is 5.71. The Morgan fingerprint density at radius 2 is 1.75 bits per heavy atom. The summed E-state index contributed by atoms with van der Waals surface area (Å²) in [5, 5.41) is 0. The predicted molar refractivity (Wildman–Crippen MR) is 114 cm³/mol. The Hall–Kier alpha value is -1.75. The minimum atomic E-state index is -0.174. The van der Waals surface area contributed by atoms with Crippen molar-refractivity contribution in [2.24, 2.45) is 0 Å². The highest BCUT2D eigenvalue weighted by Gasteiger charge is 2.21. The first-order valence-electron chi connectivity index (χ1n) is 11.0. The van der Waals surface area contributed by atoms with Gasteiger partial charge in [0.2, 0.25) is 0 Å². The van der Waals surface area contributed by atoms with Gasteiger partial charge < -0.3 is 14.4 Å². The van der Waals surface area contributed by atoms with Crippen LogP contribution in [0.4, 0.5) is 4.79 Å². The van der Waals surface area contributed by atoms with E-state index in [1.807, 2.05) is 11.8 Å². The first-order chi connectivity index (χ1) is 13.6. The van der Waals surface area contributed by atoms with Crippen molar-refractivity contribution in [2.45, 2.75) is 58.8 Å². The minimum absolute atomic E-state index is 0.174. The van der Waals surface area contributed by atoms with E-state index in [1.165, 1.54) is 31.2 Å². The molecule has 0 unspecified atom stereocenters. The molecule has 1 fully saturated rings. The van der Waals surface area contributed by atoms with Gasteiger partial charge in [-0.15, -0.1) is 0 Å². The van der Waals surface area contributed by atoms with Gasteiger partial charge in [0.15, 0.2) is 0 Å². The van der Waals surface area contributed by atoms with Gasteiger partial charge in [-0.2, -0.15) is 0 Å². The highest BCUT2D eigenvalue weighted by Crippen LogP contribution is 2.23. The molecule has 2 rings (SSSR count). The molecule has 1 amide bonds. The number of nitrogens with zero attached hydrogens (tertiary/aromatic N) is 2. The lowest BCUT2D eigenvalue weighted by atomic mass is 9.97. The molecule has 1 aliphatic heterocycles. The topological polar surface area (TPSA) is 42.0 Å². The first-order valence-corrected chi connectivity index (χ1v) is 11.0. The van der Waals surface area contributed by atoms with Crippen LogP contribution in [0.2, 0.25) is 0 Å². The molecule has 1 aromatic carbocycles. The van der Waals surface area contributed by atoms with Crippen LogP contribution in [-0.2, 0) is 4.74 Å². The van der Waals surface area contributed by atoms with Gasteiger partial charge in [0.25, 0.3) is 0 Å². The van der Waals surface area contributed by atoms with Crippen LogP contribution in [0, 0.1) is 0 Å². The smallest absolute Gasteiger partial charge is 0.409 e. The molecule has 1 atom stereocenters. The molecule has 5 nitrogen and oxygen atoms in total. The molecule has 0 N–H and O–H groups in total. The van der Waals surface area contributed by atoms with Gasteiger partial charge in [0.05, 0.1) is 13.2 Å². The lowest BCUT2D eigenvalue weighted by molar-refractivity contribution is 0.0791. The molecule has 1 aliphatic rings. The minimum Gasteiger partial charge on any atom is -0.494 e. The third-order valence-electron chi connectivity index (χ3n) is 5.46. The van der Waals surface area contributed by atoms with Gasteiger partial charge in [-0.05, 0) is 62.8 Å². The fourth-order valence-corrected chi connectivity index (χ4v) is 3.67. The fourth-order valence-electron chi connectivity index (χ4n) is 3.67. The highest BCUT2D eigenvalue weighted by atomic mass is 16.6. The molecule has 0 aliphatic carbocycles. The average Bonchev–Trinajstić information content (AvgIpc) is 2.72. The maximum Gasteiger partial charge on any atom is 0.409 e. The Labute approximate surface area is 171 Å². The molecule has 0 spiro atoms. The van der Waals surface area contributed by atoms with E-state index in [9.17, 15) is 4.79 Å². The van der Waals surface area contributed by atoms with Crippen LogP contribution >= 0.6 is 0 Å². The zero-order valence-electron chi connectivity index (χ0n) is 18.0. The van der Waals surface area contributed by atoms with E-state index in [1.54, 1.807) is 0 Å². The number of amides is 1. The van der Waals surface area contributed by atoms with Gasteiger partial charge in [0, 0.05) is 26.2 Å². The summed E-state index contributed by atoms with van der Waals surface area (Å²) in [6, 6.07) is 8.60. The fraction of sp³-hybridized carbons (Fsp3) is 0.696. The van der Waals surface area contributed by atoms with E-state index in [-0.39, 0.29) is 6.09 Å². The summed E-state index contributed by atoms with van der Waals surface area (Å²) in [7, 11) is 0. The summed E-state index contributed by atoms with van der Waals surface area (Å²) in [5.41, 5.74) is 1.40. The third-order valence-corrected chi connectivity index (χ3v) is 5.46. The molecule has 158 valence electrons. The summed E-state index contributed by atoms with van der Waals surface area (Å²) < 4.78 is 10.9. The molecule has 28 heavy (non-hydrogen) atoms. The van der Waals surface area contributed by atoms with E-state index >= 15 is 0 Å². The lowest BCUT2D eigenvalue weighted by Gasteiger charge is -2.34. The van der Waals surface area contributed by atoms with Crippen LogP contribution in [0.5, 0.6) is 5.75 Å². The summed E-state index contributed by atoms with van der Waals surface area (Å²) in [4.78, 5) is 16.0. The van der Waals surface area contributed by atoms with Crippen molar-refractivity contribution < 1.29 is 14.3 Å². The van der Waals surface area contributed by atoms with Gasteiger partial charge in [-0.3, -0.25) is 4.90 Å².